The molecule has 0 radical (unpaired) electrons. The number of benzene rings is 1. The number of hydrogen-bond acceptors (Lipinski definition) is 8. The second-order valence-electron chi connectivity index (χ2n) is 15.2. The van der Waals surface area contributed by atoms with Gasteiger partial charge < -0.3 is 24.1 Å². The fourth-order valence-corrected chi connectivity index (χ4v) is 10.3. The Bertz CT molecular complexity index is 1700. The smallest absolute Gasteiger partial charge is 0.432 e. The molecule has 264 valence electrons. The Hall–Kier alpha value is -3.28. The molecule has 0 amide bonds. The van der Waals surface area contributed by atoms with E-state index >= 15 is 0 Å². The molecule has 0 unspecified atom stereocenters. The number of fused-ring (bicyclic) bond motifs is 3. The minimum absolute atomic E-state index is 0.125. The lowest BCUT2D eigenvalue weighted by atomic mass is 9.48. The van der Waals surface area contributed by atoms with E-state index in [4.69, 9.17) is 18.9 Å². The van der Waals surface area contributed by atoms with Gasteiger partial charge in [-0.25, -0.2) is 9.59 Å². The number of cyclic esters (lactones) is 1. The largest absolute Gasteiger partial charge is 0.458 e. The third-order valence-corrected chi connectivity index (χ3v) is 13.5. The van der Waals surface area contributed by atoms with Crippen molar-refractivity contribution in [3.8, 4) is 0 Å². The first kappa shape index (κ1) is 34.2. The van der Waals surface area contributed by atoms with Crippen LogP contribution < -0.4 is 0 Å². The number of esters is 2. The highest BCUT2D eigenvalue weighted by atomic mass is 19.4. The Labute approximate surface area is 283 Å². The zero-order valence-corrected chi connectivity index (χ0v) is 28.6. The molecular weight excluding hydrogens is 641 g/mol. The fourth-order valence-electron chi connectivity index (χ4n) is 10.3. The second-order valence-corrected chi connectivity index (χ2v) is 15.2. The molecule has 6 aliphatic rings. The van der Waals surface area contributed by atoms with Crippen LogP contribution in [0.3, 0.4) is 0 Å². The minimum Gasteiger partial charge on any atom is -0.458 e. The van der Waals surface area contributed by atoms with Gasteiger partial charge in [-0.15, -0.1) is 0 Å². The number of epoxide rings is 1. The summed E-state index contributed by atoms with van der Waals surface area (Å²) in [5, 5.41) is 11.7. The number of aliphatic hydroxyl groups is 1. The van der Waals surface area contributed by atoms with Crippen LogP contribution in [0.5, 0.6) is 0 Å². The van der Waals surface area contributed by atoms with E-state index in [0.29, 0.717) is 37.7 Å². The van der Waals surface area contributed by atoms with Gasteiger partial charge in [-0.3, -0.25) is 4.79 Å². The number of methoxy groups -OCH3 is 1. The van der Waals surface area contributed by atoms with Gasteiger partial charge in [-0.2, -0.15) is 13.2 Å². The van der Waals surface area contributed by atoms with Crippen molar-refractivity contribution in [2.45, 2.75) is 109 Å². The van der Waals surface area contributed by atoms with Gasteiger partial charge in [-0.05, 0) is 70.4 Å². The Kier molecular flexibility index (Phi) is 7.75. The Morgan fingerprint density at radius 2 is 1.80 bits per heavy atom. The van der Waals surface area contributed by atoms with Crippen LogP contribution in [0.25, 0.3) is 0 Å². The first-order valence-electron chi connectivity index (χ1n) is 17.1. The van der Waals surface area contributed by atoms with Crippen LogP contribution in [0.15, 0.2) is 64.8 Å². The predicted molar refractivity (Wildman–Crippen MR) is 170 cm³/mol. The summed E-state index contributed by atoms with van der Waals surface area (Å²) in [6.45, 7) is 9.56. The van der Waals surface area contributed by atoms with Crippen LogP contribution >= 0.6 is 0 Å². The van der Waals surface area contributed by atoms with Crippen molar-refractivity contribution in [2.75, 3.05) is 7.11 Å². The molecule has 1 aromatic carbocycles. The predicted octanol–water partition coefficient (Wildman–Crippen LogP) is 6.07. The van der Waals surface area contributed by atoms with E-state index in [1.54, 1.807) is 13.8 Å². The molecular formula is C38H43F3O8. The summed E-state index contributed by atoms with van der Waals surface area (Å²) >= 11 is 0. The monoisotopic (exact) mass is 684 g/mol. The molecule has 1 N–H and O–H groups in total. The molecule has 1 spiro atoms. The minimum atomic E-state index is -5.15. The lowest BCUT2D eigenvalue weighted by molar-refractivity contribution is -0.279. The summed E-state index contributed by atoms with van der Waals surface area (Å²) in [6, 6.07) is 6.64. The van der Waals surface area contributed by atoms with Crippen molar-refractivity contribution in [3.05, 3.63) is 70.3 Å². The van der Waals surface area contributed by atoms with Crippen LogP contribution in [0.1, 0.15) is 72.3 Å². The van der Waals surface area contributed by atoms with E-state index in [-0.39, 0.29) is 29.5 Å². The van der Waals surface area contributed by atoms with Crippen molar-refractivity contribution in [2.24, 2.45) is 28.6 Å². The molecule has 8 nitrogen and oxygen atoms in total. The maximum absolute atomic E-state index is 14.7. The van der Waals surface area contributed by atoms with Crippen LogP contribution in [-0.2, 0) is 38.9 Å². The molecule has 0 bridgehead atoms. The van der Waals surface area contributed by atoms with Crippen molar-refractivity contribution in [3.63, 3.8) is 0 Å². The normalized spacial score (nSPS) is 40.0. The second kappa shape index (κ2) is 11.1. The topological polar surface area (TPSA) is 112 Å². The molecule has 4 aliphatic carbocycles. The van der Waals surface area contributed by atoms with Crippen LogP contribution in [0.2, 0.25) is 0 Å². The number of carbonyl (C=O) groups excluding carboxylic acids is 3. The summed E-state index contributed by atoms with van der Waals surface area (Å²) in [6.07, 6.45) is -2.80. The lowest BCUT2D eigenvalue weighted by Crippen LogP contribution is -2.63. The first-order valence-corrected chi connectivity index (χ1v) is 17.1. The average molecular weight is 685 g/mol. The van der Waals surface area contributed by atoms with Gasteiger partial charge in [0.1, 0.15) is 11.7 Å². The zero-order chi connectivity index (χ0) is 35.5. The number of hydrogen-bond donors (Lipinski definition) is 1. The van der Waals surface area contributed by atoms with Crippen molar-refractivity contribution in [1.29, 1.82) is 0 Å². The standard InChI is InChI=1S/C38H43F3O8/c1-19-16-27(47-32(44)20(19)2)21(3)34(4)25-12-13-26-24(23(25)17-29(34)43)18-31-37(49-31)30(15-14-28(42)35(26,37)5)48-33(45)36(46-6,38(39,40)41)22-10-8-7-9-11-22/h7-11,14-15,21,24,26-27,29-31,43H,12-13,16-18H2,1-6H3/t21-,24+,26+,27-,29-,30+,31-,34+,35+,36-,37-/m1/s1. The Morgan fingerprint density at radius 3 is 2.43 bits per heavy atom. The van der Waals surface area contributed by atoms with Crippen molar-refractivity contribution < 1.29 is 51.6 Å². The van der Waals surface area contributed by atoms with Gasteiger partial charge >= 0.3 is 18.1 Å². The van der Waals surface area contributed by atoms with Gasteiger partial charge in [0.15, 0.2) is 11.9 Å². The molecule has 1 aromatic rings. The van der Waals surface area contributed by atoms with Gasteiger partial charge in [0, 0.05) is 36.0 Å². The van der Waals surface area contributed by atoms with Crippen LogP contribution in [-0.4, -0.2) is 66.1 Å². The SMILES string of the molecule is CO[C@@](C(=O)O[C@H]1C=CC(=O)[C@]2(C)[C@H]3CCC4=C(C[C@@H](O)[C@@]4(C)[C@H](C)[C@H]4CC(C)=C(C)C(=O)O4)[C@@H]3C[C@H]3O[C@]132)(c1ccccc1)C(F)(F)F. The van der Waals surface area contributed by atoms with Gasteiger partial charge in [-0.1, -0.05) is 60.9 Å². The molecule has 11 heteroatoms. The summed E-state index contributed by atoms with van der Waals surface area (Å²) in [4.78, 5) is 40.3. The number of aliphatic hydroxyl groups excluding tert-OH is 1. The number of ether oxygens (including phenoxy) is 4. The van der Waals surface area contributed by atoms with E-state index in [1.165, 1.54) is 30.4 Å². The van der Waals surface area contributed by atoms with Crippen LogP contribution in [0, 0.1) is 28.6 Å². The molecule has 2 fully saturated rings. The maximum Gasteiger partial charge on any atom is 0.432 e. The molecule has 7 rings (SSSR count). The maximum atomic E-state index is 14.7. The number of carbonyl (C=O) groups is 3. The van der Waals surface area contributed by atoms with E-state index in [0.717, 1.165) is 36.0 Å². The highest BCUT2D eigenvalue weighted by molar-refractivity contribution is 5.98. The molecule has 1 saturated carbocycles. The Balaban J connectivity index is 1.20. The van der Waals surface area contributed by atoms with Gasteiger partial charge in [0.05, 0.1) is 17.6 Å². The van der Waals surface area contributed by atoms with E-state index in [9.17, 15) is 32.7 Å². The highest BCUT2D eigenvalue weighted by Gasteiger charge is 2.81. The Morgan fingerprint density at radius 1 is 1.10 bits per heavy atom. The molecule has 0 aromatic heterocycles. The molecule has 49 heavy (non-hydrogen) atoms. The van der Waals surface area contributed by atoms with E-state index < -0.39 is 64.2 Å². The lowest BCUT2D eigenvalue weighted by Gasteiger charge is -2.53. The number of rotatable bonds is 6. The van der Waals surface area contributed by atoms with Gasteiger partial charge in [0.25, 0.3) is 5.60 Å². The molecule has 11 atom stereocenters. The molecule has 2 aliphatic heterocycles. The first-order chi connectivity index (χ1) is 23.0. The van der Waals surface area contributed by atoms with E-state index in [2.05, 4.69) is 0 Å². The van der Waals surface area contributed by atoms with Crippen molar-refractivity contribution in [1.82, 2.24) is 0 Å². The quantitative estimate of drug-likeness (QED) is 0.219. The third-order valence-electron chi connectivity index (χ3n) is 13.5. The summed E-state index contributed by atoms with van der Waals surface area (Å²) in [5.41, 5.74) is -3.19. The number of alkyl halides is 3. The summed E-state index contributed by atoms with van der Waals surface area (Å²) in [5.74, 6) is -2.77. The highest BCUT2D eigenvalue weighted by Crippen LogP contribution is 2.71. The van der Waals surface area contributed by atoms with Crippen molar-refractivity contribution >= 4 is 17.7 Å². The number of halogens is 3. The zero-order valence-electron chi connectivity index (χ0n) is 28.6. The van der Waals surface area contributed by atoms with Crippen LogP contribution in [0.4, 0.5) is 13.2 Å². The number of allylic oxidation sites excluding steroid dienone is 1. The summed E-state index contributed by atoms with van der Waals surface area (Å²) < 4.78 is 67.2. The fraction of sp³-hybridized carbons (Fsp3) is 0.605. The molecule has 2 heterocycles. The molecule has 1 saturated heterocycles. The summed E-state index contributed by atoms with van der Waals surface area (Å²) in [7, 11) is 0.821. The van der Waals surface area contributed by atoms with Gasteiger partial charge in [0.2, 0.25) is 0 Å². The third kappa shape index (κ3) is 4.37. The average Bonchev–Trinajstić information content (AvgIpc) is 3.73. The number of ketones is 1. The van der Waals surface area contributed by atoms with E-state index in [1.807, 2.05) is 20.8 Å².